The zero-order valence-electron chi connectivity index (χ0n) is 16.5. The van der Waals surface area contributed by atoms with E-state index >= 15 is 0 Å². The number of rotatable bonds is 4. The molecule has 2 amide bonds. The lowest BCUT2D eigenvalue weighted by Gasteiger charge is -2.49. The van der Waals surface area contributed by atoms with Gasteiger partial charge in [-0.1, -0.05) is 19.8 Å². The van der Waals surface area contributed by atoms with E-state index in [2.05, 4.69) is 10.00 Å². The van der Waals surface area contributed by atoms with Crippen LogP contribution in [0.1, 0.15) is 58.3 Å². The predicted molar refractivity (Wildman–Crippen MR) is 103 cm³/mol. The molecule has 27 heavy (non-hydrogen) atoms. The summed E-state index contributed by atoms with van der Waals surface area (Å²) in [6, 6.07) is 2.37. The van der Waals surface area contributed by atoms with Crippen LogP contribution < -0.4 is 0 Å². The van der Waals surface area contributed by atoms with E-state index in [1.165, 1.54) is 25.7 Å². The van der Waals surface area contributed by atoms with Gasteiger partial charge in [-0.3, -0.25) is 14.3 Å². The summed E-state index contributed by atoms with van der Waals surface area (Å²) in [5.74, 6) is 0.542. The van der Waals surface area contributed by atoms with E-state index in [1.54, 1.807) is 6.20 Å². The van der Waals surface area contributed by atoms with Crippen molar-refractivity contribution in [1.29, 1.82) is 0 Å². The molecule has 0 bridgehead atoms. The molecule has 3 aliphatic rings. The molecule has 6 nitrogen and oxygen atoms in total. The molecule has 2 aliphatic heterocycles. The largest absolute Gasteiger partial charge is 0.342 e. The van der Waals surface area contributed by atoms with Crippen molar-refractivity contribution in [1.82, 2.24) is 19.6 Å². The summed E-state index contributed by atoms with van der Waals surface area (Å²) in [4.78, 5) is 29.6. The van der Waals surface area contributed by atoms with Crippen LogP contribution in [-0.2, 0) is 16.1 Å². The van der Waals surface area contributed by atoms with Crippen LogP contribution in [-0.4, -0.2) is 57.1 Å². The van der Waals surface area contributed by atoms with Crippen LogP contribution in [0.2, 0.25) is 0 Å². The van der Waals surface area contributed by atoms with Gasteiger partial charge in [0.2, 0.25) is 11.8 Å². The Morgan fingerprint density at radius 2 is 2.00 bits per heavy atom. The number of carbonyl (C=O) groups is 2. The molecule has 2 saturated heterocycles. The monoisotopic (exact) mass is 372 g/mol. The van der Waals surface area contributed by atoms with Gasteiger partial charge in [-0.2, -0.15) is 5.10 Å². The number of piperidine rings is 2. The second kappa shape index (κ2) is 7.64. The van der Waals surface area contributed by atoms with Gasteiger partial charge in [0.25, 0.3) is 0 Å². The van der Waals surface area contributed by atoms with Crippen LogP contribution in [0, 0.1) is 11.3 Å². The van der Waals surface area contributed by atoms with E-state index in [0.717, 1.165) is 38.9 Å². The first-order valence-corrected chi connectivity index (χ1v) is 10.6. The molecule has 0 unspecified atom stereocenters. The zero-order valence-corrected chi connectivity index (χ0v) is 16.5. The Labute approximate surface area is 161 Å². The standard InChI is InChI=1S/C21H32N4O2/c1-17(15-24-12-4-11-22-24)20(27)23-13-9-21(10-14-23)8-7-19(26)25(16-21)18-5-2-3-6-18/h4,11-12,17-18H,2-3,5-10,13-16H2,1H3/t17-/m1/s1. The number of aromatic nitrogens is 2. The fourth-order valence-corrected chi connectivity index (χ4v) is 5.28. The second-order valence-electron chi connectivity index (χ2n) is 8.91. The van der Waals surface area contributed by atoms with Gasteiger partial charge in [-0.15, -0.1) is 0 Å². The molecule has 4 rings (SSSR count). The summed E-state index contributed by atoms with van der Waals surface area (Å²) in [6.07, 6.45) is 12.3. The fourth-order valence-electron chi connectivity index (χ4n) is 5.28. The number of hydrogen-bond donors (Lipinski definition) is 0. The number of likely N-dealkylation sites (tertiary alicyclic amines) is 2. The van der Waals surface area contributed by atoms with E-state index < -0.39 is 0 Å². The SMILES string of the molecule is C[C@H](Cn1cccn1)C(=O)N1CCC2(CCC(=O)N(C3CCCC3)C2)CC1. The fraction of sp³-hybridized carbons (Fsp3) is 0.762. The lowest BCUT2D eigenvalue weighted by molar-refractivity contribution is -0.146. The van der Waals surface area contributed by atoms with Gasteiger partial charge in [0.05, 0.1) is 12.5 Å². The molecule has 148 valence electrons. The summed E-state index contributed by atoms with van der Waals surface area (Å²) < 4.78 is 1.83. The van der Waals surface area contributed by atoms with Gasteiger partial charge in [0.15, 0.2) is 0 Å². The predicted octanol–water partition coefficient (Wildman–Crippen LogP) is 2.69. The number of carbonyl (C=O) groups excluding carboxylic acids is 2. The van der Waals surface area contributed by atoms with Gasteiger partial charge in [0.1, 0.15) is 0 Å². The highest BCUT2D eigenvalue weighted by atomic mass is 16.2. The minimum absolute atomic E-state index is 0.0538. The Hall–Kier alpha value is -1.85. The average Bonchev–Trinajstić information content (AvgIpc) is 3.38. The van der Waals surface area contributed by atoms with Crippen LogP contribution in [0.15, 0.2) is 18.5 Å². The number of hydrogen-bond acceptors (Lipinski definition) is 3. The summed E-state index contributed by atoms with van der Waals surface area (Å²) in [5.41, 5.74) is 0.235. The Morgan fingerprint density at radius 3 is 2.67 bits per heavy atom. The van der Waals surface area contributed by atoms with Crippen molar-refractivity contribution in [2.45, 2.75) is 70.9 Å². The van der Waals surface area contributed by atoms with Crippen LogP contribution >= 0.6 is 0 Å². The third kappa shape index (κ3) is 3.90. The minimum atomic E-state index is -0.0538. The highest BCUT2D eigenvalue weighted by molar-refractivity contribution is 5.79. The lowest BCUT2D eigenvalue weighted by Crippen LogP contribution is -2.55. The Kier molecular flexibility index (Phi) is 5.24. The quantitative estimate of drug-likeness (QED) is 0.816. The Bertz CT molecular complexity index is 658. The van der Waals surface area contributed by atoms with Gasteiger partial charge >= 0.3 is 0 Å². The van der Waals surface area contributed by atoms with Crippen molar-refractivity contribution < 1.29 is 9.59 Å². The molecule has 1 atom stereocenters. The van der Waals surface area contributed by atoms with Crippen LogP contribution in [0.5, 0.6) is 0 Å². The maximum Gasteiger partial charge on any atom is 0.227 e. The summed E-state index contributed by atoms with van der Waals surface area (Å²) in [6.45, 7) is 5.21. The smallest absolute Gasteiger partial charge is 0.227 e. The first-order valence-electron chi connectivity index (χ1n) is 10.6. The highest BCUT2D eigenvalue weighted by Crippen LogP contribution is 2.42. The van der Waals surface area contributed by atoms with Gasteiger partial charge in [-0.05, 0) is 43.6 Å². The maximum atomic E-state index is 12.8. The molecule has 1 spiro atoms. The molecular formula is C21H32N4O2. The third-order valence-corrected chi connectivity index (χ3v) is 7.04. The van der Waals surface area contributed by atoms with Gasteiger partial charge < -0.3 is 9.80 Å². The van der Waals surface area contributed by atoms with E-state index in [1.807, 2.05) is 28.8 Å². The summed E-state index contributed by atoms with van der Waals surface area (Å²) >= 11 is 0. The van der Waals surface area contributed by atoms with E-state index in [4.69, 9.17) is 0 Å². The van der Waals surface area contributed by atoms with Crippen molar-refractivity contribution in [3.63, 3.8) is 0 Å². The molecule has 1 aliphatic carbocycles. The maximum absolute atomic E-state index is 12.8. The Balaban J connectivity index is 1.33. The van der Waals surface area contributed by atoms with Crippen LogP contribution in [0.3, 0.4) is 0 Å². The molecule has 1 aromatic rings. The van der Waals surface area contributed by atoms with Crippen LogP contribution in [0.25, 0.3) is 0 Å². The lowest BCUT2D eigenvalue weighted by atomic mass is 9.72. The molecule has 1 aromatic heterocycles. The summed E-state index contributed by atoms with van der Waals surface area (Å²) in [7, 11) is 0. The van der Waals surface area contributed by atoms with Crippen molar-refractivity contribution >= 4 is 11.8 Å². The van der Waals surface area contributed by atoms with E-state index in [-0.39, 0.29) is 17.2 Å². The molecule has 0 aromatic carbocycles. The van der Waals surface area contributed by atoms with E-state index in [9.17, 15) is 9.59 Å². The second-order valence-corrected chi connectivity index (χ2v) is 8.91. The van der Waals surface area contributed by atoms with Crippen molar-refractivity contribution in [2.75, 3.05) is 19.6 Å². The number of amides is 2. The molecule has 6 heteroatoms. The van der Waals surface area contributed by atoms with Gasteiger partial charge in [-0.25, -0.2) is 0 Å². The first-order chi connectivity index (χ1) is 13.1. The van der Waals surface area contributed by atoms with E-state index in [0.29, 0.717) is 24.9 Å². The Morgan fingerprint density at radius 1 is 1.26 bits per heavy atom. The molecule has 0 radical (unpaired) electrons. The average molecular weight is 373 g/mol. The molecule has 1 saturated carbocycles. The van der Waals surface area contributed by atoms with Gasteiger partial charge in [0, 0.05) is 44.5 Å². The molecule has 0 N–H and O–H groups in total. The topological polar surface area (TPSA) is 58.4 Å². The van der Waals surface area contributed by atoms with Crippen molar-refractivity contribution in [3.8, 4) is 0 Å². The van der Waals surface area contributed by atoms with Crippen molar-refractivity contribution in [2.24, 2.45) is 11.3 Å². The first kappa shape index (κ1) is 18.5. The van der Waals surface area contributed by atoms with Crippen LogP contribution in [0.4, 0.5) is 0 Å². The molecule has 3 heterocycles. The molecular weight excluding hydrogens is 340 g/mol. The normalized spacial score (nSPS) is 24.6. The minimum Gasteiger partial charge on any atom is -0.342 e. The summed E-state index contributed by atoms with van der Waals surface area (Å²) in [5, 5.41) is 4.21. The van der Waals surface area contributed by atoms with Crippen molar-refractivity contribution in [3.05, 3.63) is 18.5 Å². The highest BCUT2D eigenvalue weighted by Gasteiger charge is 2.44. The zero-order chi connectivity index (χ0) is 18.9. The number of nitrogens with zero attached hydrogens (tertiary/aromatic N) is 4. The molecule has 3 fully saturated rings. The third-order valence-electron chi connectivity index (χ3n) is 7.04.